The number of hydrogen-bond donors (Lipinski definition) is 0. The Morgan fingerprint density at radius 2 is 1.77 bits per heavy atom. The van der Waals surface area contributed by atoms with Crippen LogP contribution in [0.4, 0.5) is 4.39 Å². The summed E-state index contributed by atoms with van der Waals surface area (Å²) in [5, 5.41) is 9.33. The third kappa shape index (κ3) is 2.94. The molecule has 0 bridgehead atoms. The van der Waals surface area contributed by atoms with E-state index >= 15 is 0 Å². The standard InChI is InChI=1S/C17H14FN3S/c1-2-12-22-17-20-19-16(13-8-10-14(18)11-9-13)21(17)15-6-4-3-5-7-15/h2-11H,1,12H2. The van der Waals surface area contributed by atoms with Crippen LogP contribution in [-0.4, -0.2) is 20.5 Å². The summed E-state index contributed by atoms with van der Waals surface area (Å²) >= 11 is 1.56. The van der Waals surface area contributed by atoms with Crippen LogP contribution < -0.4 is 0 Å². The number of para-hydroxylation sites is 1. The topological polar surface area (TPSA) is 30.7 Å². The van der Waals surface area contributed by atoms with Crippen LogP contribution in [0.25, 0.3) is 17.1 Å². The van der Waals surface area contributed by atoms with Crippen molar-refractivity contribution in [2.24, 2.45) is 0 Å². The molecule has 0 atom stereocenters. The highest BCUT2D eigenvalue weighted by atomic mass is 32.2. The van der Waals surface area contributed by atoms with E-state index in [2.05, 4.69) is 16.8 Å². The van der Waals surface area contributed by atoms with Crippen LogP contribution >= 0.6 is 11.8 Å². The van der Waals surface area contributed by atoms with Crippen molar-refractivity contribution in [1.29, 1.82) is 0 Å². The zero-order valence-electron chi connectivity index (χ0n) is 11.8. The lowest BCUT2D eigenvalue weighted by Gasteiger charge is -2.09. The maximum absolute atomic E-state index is 13.1. The predicted molar refractivity (Wildman–Crippen MR) is 87.7 cm³/mol. The molecular formula is C17H14FN3S. The van der Waals surface area contributed by atoms with Gasteiger partial charge >= 0.3 is 0 Å². The minimum absolute atomic E-state index is 0.268. The van der Waals surface area contributed by atoms with E-state index < -0.39 is 0 Å². The third-order valence-corrected chi connectivity index (χ3v) is 4.01. The second kappa shape index (κ2) is 6.58. The average Bonchev–Trinajstić information content (AvgIpc) is 2.98. The van der Waals surface area contributed by atoms with Crippen LogP contribution in [0.15, 0.2) is 72.4 Å². The van der Waals surface area contributed by atoms with Gasteiger partial charge in [0.1, 0.15) is 5.82 Å². The number of halogens is 1. The SMILES string of the molecule is C=CCSc1nnc(-c2ccc(F)cc2)n1-c1ccccc1. The van der Waals surface area contributed by atoms with Crippen molar-refractivity contribution in [3.63, 3.8) is 0 Å². The third-order valence-electron chi connectivity index (χ3n) is 3.08. The number of rotatable bonds is 5. The summed E-state index contributed by atoms with van der Waals surface area (Å²) in [6, 6.07) is 16.1. The lowest BCUT2D eigenvalue weighted by molar-refractivity contribution is 0.628. The molecule has 0 aliphatic carbocycles. The molecule has 2 aromatic carbocycles. The molecule has 0 unspecified atom stereocenters. The quantitative estimate of drug-likeness (QED) is 0.518. The van der Waals surface area contributed by atoms with E-state index in [4.69, 9.17) is 0 Å². The monoisotopic (exact) mass is 311 g/mol. The smallest absolute Gasteiger partial charge is 0.196 e. The molecule has 3 nitrogen and oxygen atoms in total. The van der Waals surface area contributed by atoms with Gasteiger partial charge in [0.15, 0.2) is 11.0 Å². The van der Waals surface area contributed by atoms with E-state index in [0.717, 1.165) is 22.2 Å². The Balaban J connectivity index is 2.12. The summed E-state index contributed by atoms with van der Waals surface area (Å²) in [5.41, 5.74) is 1.79. The number of hydrogen-bond acceptors (Lipinski definition) is 3. The maximum atomic E-state index is 13.1. The Morgan fingerprint density at radius 1 is 1.05 bits per heavy atom. The highest BCUT2D eigenvalue weighted by molar-refractivity contribution is 7.99. The van der Waals surface area contributed by atoms with Crippen LogP contribution in [0.5, 0.6) is 0 Å². The van der Waals surface area contributed by atoms with Crippen molar-refractivity contribution >= 4 is 11.8 Å². The lowest BCUT2D eigenvalue weighted by atomic mass is 10.2. The molecule has 0 aliphatic rings. The normalized spacial score (nSPS) is 10.6. The summed E-state index contributed by atoms with van der Waals surface area (Å²) in [7, 11) is 0. The fourth-order valence-corrected chi connectivity index (χ4v) is 2.78. The predicted octanol–water partition coefficient (Wildman–Crippen LogP) is 4.35. The van der Waals surface area contributed by atoms with E-state index in [-0.39, 0.29) is 5.82 Å². The molecule has 1 aromatic heterocycles. The van der Waals surface area contributed by atoms with E-state index in [1.165, 1.54) is 12.1 Å². The molecule has 3 rings (SSSR count). The van der Waals surface area contributed by atoms with Gasteiger partial charge in [0.25, 0.3) is 0 Å². The minimum Gasteiger partial charge on any atom is -0.270 e. The van der Waals surface area contributed by atoms with Crippen LogP contribution in [-0.2, 0) is 0 Å². The average molecular weight is 311 g/mol. The molecule has 110 valence electrons. The van der Waals surface area contributed by atoms with Crippen molar-refractivity contribution in [3.8, 4) is 17.1 Å². The first-order chi connectivity index (χ1) is 10.8. The Hall–Kier alpha value is -2.40. The van der Waals surface area contributed by atoms with Gasteiger partial charge in [-0.25, -0.2) is 4.39 Å². The Labute approximate surface area is 132 Å². The minimum atomic E-state index is -0.268. The fourth-order valence-electron chi connectivity index (χ4n) is 2.09. The highest BCUT2D eigenvalue weighted by Gasteiger charge is 2.15. The van der Waals surface area contributed by atoms with Crippen molar-refractivity contribution in [2.75, 3.05) is 5.75 Å². The molecule has 0 radical (unpaired) electrons. The highest BCUT2D eigenvalue weighted by Crippen LogP contribution is 2.27. The van der Waals surface area contributed by atoms with Crippen LogP contribution in [0, 0.1) is 5.82 Å². The molecule has 22 heavy (non-hydrogen) atoms. The van der Waals surface area contributed by atoms with Gasteiger partial charge in [0.05, 0.1) is 0 Å². The van der Waals surface area contributed by atoms with Gasteiger partial charge < -0.3 is 0 Å². The van der Waals surface area contributed by atoms with Crippen LogP contribution in [0.2, 0.25) is 0 Å². The maximum Gasteiger partial charge on any atom is 0.196 e. The fraction of sp³-hybridized carbons (Fsp3) is 0.0588. The van der Waals surface area contributed by atoms with Gasteiger partial charge in [-0.3, -0.25) is 4.57 Å². The van der Waals surface area contributed by atoms with Crippen molar-refractivity contribution in [2.45, 2.75) is 5.16 Å². The van der Waals surface area contributed by atoms with Gasteiger partial charge in [-0.15, -0.1) is 16.8 Å². The summed E-state index contributed by atoms with van der Waals surface area (Å²) < 4.78 is 15.1. The first-order valence-corrected chi connectivity index (χ1v) is 7.78. The van der Waals surface area contributed by atoms with Gasteiger partial charge in [0, 0.05) is 17.0 Å². The van der Waals surface area contributed by atoms with E-state index in [0.29, 0.717) is 5.82 Å². The summed E-state index contributed by atoms with van der Waals surface area (Å²) in [6.45, 7) is 3.73. The summed E-state index contributed by atoms with van der Waals surface area (Å²) in [5.74, 6) is 1.17. The van der Waals surface area contributed by atoms with Gasteiger partial charge in [0.2, 0.25) is 0 Å². The molecule has 0 amide bonds. The van der Waals surface area contributed by atoms with Crippen LogP contribution in [0.1, 0.15) is 0 Å². The Bertz CT molecular complexity index is 766. The second-order valence-electron chi connectivity index (χ2n) is 4.58. The molecule has 0 aliphatic heterocycles. The molecular weight excluding hydrogens is 297 g/mol. The Kier molecular flexibility index (Phi) is 4.34. The zero-order valence-corrected chi connectivity index (χ0v) is 12.6. The van der Waals surface area contributed by atoms with Gasteiger partial charge in [-0.05, 0) is 36.4 Å². The second-order valence-corrected chi connectivity index (χ2v) is 5.57. The van der Waals surface area contributed by atoms with Crippen molar-refractivity contribution in [3.05, 3.63) is 73.1 Å². The molecule has 3 aromatic rings. The summed E-state index contributed by atoms with van der Waals surface area (Å²) in [6.07, 6.45) is 1.83. The molecule has 5 heteroatoms. The number of thioether (sulfide) groups is 1. The van der Waals surface area contributed by atoms with E-state index in [1.54, 1.807) is 23.9 Å². The van der Waals surface area contributed by atoms with Crippen LogP contribution in [0.3, 0.4) is 0 Å². The van der Waals surface area contributed by atoms with E-state index in [9.17, 15) is 4.39 Å². The van der Waals surface area contributed by atoms with Gasteiger partial charge in [-0.2, -0.15) is 0 Å². The molecule has 0 saturated heterocycles. The molecule has 0 fully saturated rings. The first-order valence-electron chi connectivity index (χ1n) is 6.80. The number of benzene rings is 2. The summed E-state index contributed by atoms with van der Waals surface area (Å²) in [4.78, 5) is 0. The lowest BCUT2D eigenvalue weighted by Crippen LogP contribution is -1.99. The van der Waals surface area contributed by atoms with Crippen molar-refractivity contribution < 1.29 is 4.39 Å². The number of nitrogens with zero attached hydrogens (tertiary/aromatic N) is 3. The van der Waals surface area contributed by atoms with E-state index in [1.807, 2.05) is 41.0 Å². The molecule has 1 heterocycles. The largest absolute Gasteiger partial charge is 0.270 e. The molecule has 0 spiro atoms. The zero-order chi connectivity index (χ0) is 15.4. The first kappa shape index (κ1) is 14.5. The number of aromatic nitrogens is 3. The van der Waals surface area contributed by atoms with Gasteiger partial charge in [-0.1, -0.05) is 36.0 Å². The molecule has 0 N–H and O–H groups in total. The molecule has 0 saturated carbocycles. The van der Waals surface area contributed by atoms with Crippen molar-refractivity contribution in [1.82, 2.24) is 14.8 Å². The Morgan fingerprint density at radius 3 is 2.45 bits per heavy atom.